The first-order valence-corrected chi connectivity index (χ1v) is 7.92. The maximum absolute atomic E-state index is 11.8. The van der Waals surface area contributed by atoms with Gasteiger partial charge in [0.05, 0.1) is 12.7 Å². The van der Waals surface area contributed by atoms with E-state index >= 15 is 0 Å². The Morgan fingerprint density at radius 2 is 1.81 bits per heavy atom. The van der Waals surface area contributed by atoms with E-state index < -0.39 is 5.97 Å². The van der Waals surface area contributed by atoms with Crippen LogP contribution in [0.4, 0.5) is 0 Å². The molecule has 3 rings (SSSR count). The number of ether oxygens (including phenoxy) is 2. The van der Waals surface area contributed by atoms with E-state index in [-0.39, 0.29) is 24.6 Å². The summed E-state index contributed by atoms with van der Waals surface area (Å²) < 4.78 is 15.7. The summed E-state index contributed by atoms with van der Waals surface area (Å²) in [6.45, 7) is 0.152. The lowest BCUT2D eigenvalue weighted by atomic mass is 10.3. The fourth-order valence-corrected chi connectivity index (χ4v) is 2.06. The first kappa shape index (κ1) is 17.2. The van der Waals surface area contributed by atoms with Crippen LogP contribution < -0.4 is 14.8 Å². The van der Waals surface area contributed by atoms with Crippen LogP contribution in [-0.4, -0.2) is 23.4 Å². The van der Waals surface area contributed by atoms with E-state index in [1.54, 1.807) is 54.7 Å². The minimum atomic E-state index is -0.455. The monoisotopic (exact) mass is 352 g/mol. The lowest BCUT2D eigenvalue weighted by Crippen LogP contribution is -2.26. The molecule has 0 radical (unpaired) electrons. The minimum Gasteiger partial charge on any atom is -0.459 e. The maximum atomic E-state index is 11.8. The van der Waals surface area contributed by atoms with Crippen molar-refractivity contribution in [3.8, 4) is 17.4 Å². The van der Waals surface area contributed by atoms with E-state index in [1.165, 1.54) is 6.26 Å². The Morgan fingerprint density at radius 3 is 2.50 bits per heavy atom. The van der Waals surface area contributed by atoms with Gasteiger partial charge in [-0.25, -0.2) is 4.98 Å². The predicted octanol–water partition coefficient (Wildman–Crippen LogP) is 3.19. The summed E-state index contributed by atoms with van der Waals surface area (Å²) in [5.41, 5.74) is 0. The Balaban J connectivity index is 1.43. The molecular formula is C19H16N2O5. The Kier molecular flexibility index (Phi) is 5.61. The third-order valence-electron chi connectivity index (χ3n) is 3.28. The Bertz CT molecular complexity index is 845. The highest BCUT2D eigenvalue weighted by molar-refractivity contribution is 5.91. The third kappa shape index (κ3) is 4.94. The highest BCUT2D eigenvalue weighted by atomic mass is 16.5. The predicted molar refractivity (Wildman–Crippen MR) is 92.0 cm³/mol. The van der Waals surface area contributed by atoms with Crippen molar-refractivity contribution in [2.24, 2.45) is 0 Å². The first-order valence-electron chi connectivity index (χ1n) is 7.92. The van der Waals surface area contributed by atoms with Crippen molar-refractivity contribution in [2.75, 3.05) is 6.54 Å². The molecule has 7 nitrogen and oxygen atoms in total. The smallest absolute Gasteiger partial charge is 0.312 e. The number of carbonyl (C=O) groups excluding carboxylic acids is 2. The van der Waals surface area contributed by atoms with Crippen LogP contribution in [0.25, 0.3) is 0 Å². The van der Waals surface area contributed by atoms with E-state index in [9.17, 15) is 9.59 Å². The zero-order valence-corrected chi connectivity index (χ0v) is 13.8. The number of aromatic nitrogens is 1. The van der Waals surface area contributed by atoms with Crippen LogP contribution in [0.1, 0.15) is 17.0 Å². The number of carbonyl (C=O) groups is 2. The van der Waals surface area contributed by atoms with Crippen LogP contribution in [0.15, 0.2) is 71.5 Å². The number of esters is 1. The Hall–Kier alpha value is -3.61. The molecule has 26 heavy (non-hydrogen) atoms. The normalized spacial score (nSPS) is 10.2. The van der Waals surface area contributed by atoms with Gasteiger partial charge in [-0.05, 0) is 42.5 Å². The molecule has 0 unspecified atom stereocenters. The summed E-state index contributed by atoms with van der Waals surface area (Å²) >= 11 is 0. The van der Waals surface area contributed by atoms with Crippen LogP contribution in [0.2, 0.25) is 0 Å². The highest BCUT2D eigenvalue weighted by Crippen LogP contribution is 2.22. The standard InChI is InChI=1S/C19H16N2O5/c22-18(10-12-21-19(23)16-4-3-13-24-16)26-15-8-6-14(7-9-15)25-17-5-1-2-11-20-17/h1-9,11,13H,10,12H2,(H,21,23). The number of hydrogen-bond acceptors (Lipinski definition) is 6. The van der Waals surface area contributed by atoms with E-state index in [2.05, 4.69) is 10.3 Å². The number of pyridine rings is 1. The molecule has 0 aliphatic heterocycles. The van der Waals surface area contributed by atoms with Crippen molar-refractivity contribution in [3.63, 3.8) is 0 Å². The van der Waals surface area contributed by atoms with Crippen LogP contribution in [0.3, 0.4) is 0 Å². The Morgan fingerprint density at radius 1 is 1.00 bits per heavy atom. The van der Waals surface area contributed by atoms with Gasteiger partial charge in [-0.2, -0.15) is 0 Å². The molecule has 1 aromatic carbocycles. The Labute approximate surface area is 149 Å². The van der Waals surface area contributed by atoms with Gasteiger partial charge in [0, 0.05) is 18.8 Å². The van der Waals surface area contributed by atoms with Crippen molar-refractivity contribution < 1.29 is 23.5 Å². The van der Waals surface area contributed by atoms with Crippen LogP contribution >= 0.6 is 0 Å². The molecule has 0 saturated carbocycles. The fraction of sp³-hybridized carbons (Fsp3) is 0.105. The molecule has 7 heteroatoms. The topological polar surface area (TPSA) is 90.7 Å². The number of hydrogen-bond donors (Lipinski definition) is 1. The largest absolute Gasteiger partial charge is 0.459 e. The number of benzene rings is 1. The third-order valence-corrected chi connectivity index (χ3v) is 3.28. The lowest BCUT2D eigenvalue weighted by molar-refractivity contribution is -0.134. The van der Waals surface area contributed by atoms with Crippen molar-refractivity contribution in [2.45, 2.75) is 6.42 Å². The van der Waals surface area contributed by atoms with Gasteiger partial charge < -0.3 is 19.2 Å². The minimum absolute atomic E-state index is 0.0403. The molecule has 3 aromatic rings. The van der Waals surface area contributed by atoms with Crippen LogP contribution in [0, 0.1) is 0 Å². The van der Waals surface area contributed by atoms with Gasteiger partial charge in [0.1, 0.15) is 11.5 Å². The molecule has 0 aliphatic rings. The van der Waals surface area contributed by atoms with Crippen molar-refractivity contribution in [1.82, 2.24) is 10.3 Å². The molecule has 0 atom stereocenters. The second kappa shape index (κ2) is 8.48. The van der Waals surface area contributed by atoms with Gasteiger partial charge in [0.15, 0.2) is 5.76 Å². The average Bonchev–Trinajstić information content (AvgIpc) is 3.19. The maximum Gasteiger partial charge on any atom is 0.312 e. The number of nitrogens with one attached hydrogen (secondary N) is 1. The molecule has 1 amide bonds. The van der Waals surface area contributed by atoms with Crippen molar-refractivity contribution >= 4 is 11.9 Å². The average molecular weight is 352 g/mol. The SMILES string of the molecule is O=C(CCNC(=O)c1ccco1)Oc1ccc(Oc2ccccn2)cc1. The van der Waals surface area contributed by atoms with Crippen LogP contribution in [-0.2, 0) is 4.79 Å². The number of amides is 1. The molecule has 0 bridgehead atoms. The van der Waals surface area contributed by atoms with E-state index in [0.717, 1.165) is 0 Å². The molecule has 2 aromatic heterocycles. The summed E-state index contributed by atoms with van der Waals surface area (Å²) in [7, 11) is 0. The summed E-state index contributed by atoms with van der Waals surface area (Å²) in [4.78, 5) is 27.5. The van der Waals surface area contributed by atoms with E-state index in [1.807, 2.05) is 6.07 Å². The molecule has 0 aliphatic carbocycles. The zero-order valence-electron chi connectivity index (χ0n) is 13.8. The van der Waals surface area contributed by atoms with E-state index in [4.69, 9.17) is 13.9 Å². The fourth-order valence-electron chi connectivity index (χ4n) is 2.06. The van der Waals surface area contributed by atoms with E-state index in [0.29, 0.717) is 17.4 Å². The van der Waals surface area contributed by atoms with Gasteiger partial charge in [0.25, 0.3) is 5.91 Å². The number of nitrogens with zero attached hydrogens (tertiary/aromatic N) is 1. The number of furan rings is 1. The molecule has 0 spiro atoms. The second-order valence-electron chi connectivity index (χ2n) is 5.20. The highest BCUT2D eigenvalue weighted by Gasteiger charge is 2.10. The lowest BCUT2D eigenvalue weighted by Gasteiger charge is -2.07. The van der Waals surface area contributed by atoms with Gasteiger partial charge in [-0.15, -0.1) is 0 Å². The zero-order chi connectivity index (χ0) is 18.2. The molecule has 0 fully saturated rings. The molecule has 1 N–H and O–H groups in total. The summed E-state index contributed by atoms with van der Waals surface area (Å²) in [5.74, 6) is 0.809. The quantitative estimate of drug-likeness (QED) is 0.519. The van der Waals surface area contributed by atoms with Gasteiger partial charge in [-0.1, -0.05) is 6.07 Å². The van der Waals surface area contributed by atoms with Gasteiger partial charge in [0.2, 0.25) is 5.88 Å². The molecule has 2 heterocycles. The van der Waals surface area contributed by atoms with Crippen molar-refractivity contribution in [1.29, 1.82) is 0 Å². The first-order chi connectivity index (χ1) is 12.7. The number of rotatable bonds is 7. The van der Waals surface area contributed by atoms with Crippen molar-refractivity contribution in [3.05, 3.63) is 72.8 Å². The van der Waals surface area contributed by atoms with Gasteiger partial charge >= 0.3 is 5.97 Å². The van der Waals surface area contributed by atoms with Crippen LogP contribution in [0.5, 0.6) is 17.4 Å². The molecular weight excluding hydrogens is 336 g/mol. The molecule has 0 saturated heterocycles. The summed E-state index contributed by atoms with van der Waals surface area (Å²) in [6, 6.07) is 15.1. The molecule has 132 valence electrons. The summed E-state index contributed by atoms with van der Waals surface area (Å²) in [5, 5.41) is 2.58. The second-order valence-corrected chi connectivity index (χ2v) is 5.20. The summed E-state index contributed by atoms with van der Waals surface area (Å²) in [6.07, 6.45) is 3.08. The van der Waals surface area contributed by atoms with Gasteiger partial charge in [-0.3, -0.25) is 9.59 Å².